The molecule has 2 amide bonds. The summed E-state index contributed by atoms with van der Waals surface area (Å²) in [5, 5.41) is 5.08. The number of rotatable bonds is 26. The van der Waals surface area contributed by atoms with E-state index in [0.29, 0.717) is 0 Å². The minimum atomic E-state index is -5.05. The van der Waals surface area contributed by atoms with Crippen LogP contribution in [0.5, 0.6) is 0 Å². The van der Waals surface area contributed by atoms with E-state index in [1.807, 2.05) is 0 Å². The zero-order valence-corrected chi connectivity index (χ0v) is 45.5. The Morgan fingerprint density at radius 2 is 0.842 bits per heavy atom. The van der Waals surface area contributed by atoms with E-state index < -0.39 is 61.9 Å². The van der Waals surface area contributed by atoms with Crippen LogP contribution in [0.4, 0.5) is 22.7 Å². The average molecular weight is 1140 g/mol. The molecule has 0 unspecified atom stereocenters. The van der Waals surface area contributed by atoms with Gasteiger partial charge in [-0.05, 0) is 71.8 Å². The molecule has 4 aromatic rings. The van der Waals surface area contributed by atoms with Crippen LogP contribution >= 0.6 is 0 Å². The summed E-state index contributed by atoms with van der Waals surface area (Å²) in [7, 11) is -12.5. The van der Waals surface area contributed by atoms with Gasteiger partial charge < -0.3 is 48.9 Å². The highest BCUT2D eigenvalue weighted by atomic mass is 32.2. The van der Waals surface area contributed by atoms with Crippen LogP contribution in [-0.2, 0) is 68.7 Å². The Morgan fingerprint density at radius 3 is 1.14 bits per heavy atom. The molecule has 2 aliphatic rings. The Hall–Kier alpha value is -5.44. The predicted octanol–water partition coefficient (Wildman–Crippen LogP) is 3.10. The van der Waals surface area contributed by atoms with E-state index in [0.717, 1.165) is 24.3 Å². The predicted molar refractivity (Wildman–Crippen MR) is 281 cm³/mol. The van der Waals surface area contributed by atoms with Crippen molar-refractivity contribution in [2.24, 2.45) is 0 Å². The largest absolute Gasteiger partial charge is 0.383 e. The van der Waals surface area contributed by atoms with Crippen molar-refractivity contribution in [1.82, 2.24) is 8.61 Å². The van der Waals surface area contributed by atoms with Gasteiger partial charge in [0.25, 0.3) is 32.1 Å². The Morgan fingerprint density at radius 1 is 0.513 bits per heavy atom. The van der Waals surface area contributed by atoms with Crippen molar-refractivity contribution in [2.75, 3.05) is 154 Å². The summed E-state index contributed by atoms with van der Waals surface area (Å²) in [4.78, 5) is 29.3. The van der Waals surface area contributed by atoms with Gasteiger partial charge in [0.2, 0.25) is 20.0 Å². The lowest BCUT2D eigenvalue weighted by molar-refractivity contribution is 0.0730. The second-order valence-electron chi connectivity index (χ2n) is 17.0. The lowest BCUT2D eigenvalue weighted by Crippen LogP contribution is -2.41. The lowest BCUT2D eigenvalue weighted by atomic mass is 10.1. The number of carbonyl (C=O) groups is 2. The SMILES string of the molecule is COCCN(CCOC)c1ccc(C(=O)Nc2ccc(/C=C/c3ccc(NC(=O)c4ccc(N(CCOC)CCOC)c(S(=O)(=O)N5CCOCC5)c4)cc3S(=O)(=O)O)c(S(=O)(=O)O)c2)cc1S(=O)(=O)N1CCOCC1. The van der Waals surface area contributed by atoms with Gasteiger partial charge in [-0.1, -0.05) is 24.3 Å². The van der Waals surface area contributed by atoms with E-state index in [-0.39, 0.29) is 160 Å². The van der Waals surface area contributed by atoms with Gasteiger partial charge in [-0.2, -0.15) is 25.4 Å². The monoisotopic (exact) mass is 1140 g/mol. The van der Waals surface area contributed by atoms with Crippen LogP contribution in [0, 0.1) is 0 Å². The van der Waals surface area contributed by atoms with Crippen molar-refractivity contribution < 1.29 is 80.8 Å². The number of nitrogens with one attached hydrogen (secondary N) is 2. The van der Waals surface area contributed by atoms with E-state index >= 15 is 0 Å². The van der Waals surface area contributed by atoms with Gasteiger partial charge in [0, 0.05) is 103 Å². The second-order valence-corrected chi connectivity index (χ2v) is 23.6. The van der Waals surface area contributed by atoms with Gasteiger partial charge >= 0.3 is 0 Å². The standard InChI is InChI=1S/C48H62N6O18S4/c1-67-23-15-51(16-24-68-2)41-13-9-37(31-45(41)73(57,58)53-19-27-71-28-20-53)47(55)49-39-11-7-35(43(33-39)75(61,62)63)5-6-36-8-12-40(34-44(36)76(64,65)66)50-48(56)38-10-14-42(52(17-25-69-3)18-26-70-4)46(32-38)74(59,60)54-21-29-72-30-22-54/h5-14,31-34H,15-30H2,1-4H3,(H,49,55)(H,50,56)(H,61,62,63)(H,64,65,66)/b6-5+. The third-order valence-corrected chi connectivity index (χ3v) is 17.8. The van der Waals surface area contributed by atoms with Gasteiger partial charge in [0.1, 0.15) is 19.6 Å². The van der Waals surface area contributed by atoms with E-state index in [1.165, 1.54) is 97.7 Å². The molecule has 0 aliphatic carbocycles. The number of hydrogen-bond donors (Lipinski definition) is 4. The van der Waals surface area contributed by atoms with E-state index in [4.69, 9.17) is 28.4 Å². The van der Waals surface area contributed by atoms with Crippen molar-refractivity contribution in [3.63, 3.8) is 0 Å². The first-order valence-electron chi connectivity index (χ1n) is 23.6. The second kappa shape index (κ2) is 26.7. The highest BCUT2D eigenvalue weighted by Gasteiger charge is 2.33. The van der Waals surface area contributed by atoms with Gasteiger partial charge in [0.15, 0.2) is 0 Å². The number of nitrogens with zero attached hydrogens (tertiary/aromatic N) is 4. The number of hydrogen-bond acceptors (Lipinski definition) is 18. The van der Waals surface area contributed by atoms with Crippen LogP contribution < -0.4 is 20.4 Å². The van der Waals surface area contributed by atoms with Crippen LogP contribution in [0.25, 0.3) is 12.2 Å². The molecule has 2 saturated heterocycles. The van der Waals surface area contributed by atoms with Gasteiger partial charge in [0.05, 0.1) is 64.2 Å². The molecule has 0 saturated carbocycles. The summed E-state index contributed by atoms with van der Waals surface area (Å²) in [5.74, 6) is -1.67. The summed E-state index contributed by atoms with van der Waals surface area (Å²) in [6.45, 7) is 3.09. The lowest BCUT2D eigenvalue weighted by Gasteiger charge is -2.30. The van der Waals surface area contributed by atoms with Gasteiger partial charge in [-0.25, -0.2) is 16.8 Å². The van der Waals surface area contributed by atoms with Crippen molar-refractivity contribution >= 4 is 87.0 Å². The number of benzene rings is 4. The van der Waals surface area contributed by atoms with E-state index in [1.54, 1.807) is 9.80 Å². The highest BCUT2D eigenvalue weighted by molar-refractivity contribution is 7.89. The number of sulfonamides is 2. The summed E-state index contributed by atoms with van der Waals surface area (Å²) in [6.07, 6.45) is 2.25. The molecular weight excluding hydrogens is 1080 g/mol. The number of anilines is 4. The zero-order chi connectivity index (χ0) is 55.3. The van der Waals surface area contributed by atoms with Crippen LogP contribution in [-0.4, -0.2) is 197 Å². The molecule has 4 aromatic carbocycles. The molecule has 2 aliphatic heterocycles. The molecule has 0 bridgehead atoms. The summed E-state index contributed by atoms with van der Waals surface area (Å²) >= 11 is 0. The Labute approximate surface area is 443 Å². The molecule has 4 N–H and O–H groups in total. The summed E-state index contributed by atoms with van der Waals surface area (Å²) in [5.41, 5.74) is -0.294. The number of methoxy groups -OCH3 is 4. The molecule has 416 valence electrons. The summed E-state index contributed by atoms with van der Waals surface area (Å²) in [6, 6.07) is 15.0. The van der Waals surface area contributed by atoms with Crippen LogP contribution in [0.3, 0.4) is 0 Å². The number of carbonyl (C=O) groups excluding carboxylic acids is 2. The molecule has 28 heteroatoms. The first-order valence-corrected chi connectivity index (χ1v) is 29.3. The van der Waals surface area contributed by atoms with Crippen molar-refractivity contribution in [1.29, 1.82) is 0 Å². The van der Waals surface area contributed by atoms with E-state index in [2.05, 4.69) is 10.6 Å². The third kappa shape index (κ3) is 15.2. The molecule has 2 fully saturated rings. The van der Waals surface area contributed by atoms with Crippen molar-refractivity contribution in [3.05, 3.63) is 95.1 Å². The van der Waals surface area contributed by atoms with Crippen LogP contribution in [0.15, 0.2) is 92.4 Å². The molecule has 76 heavy (non-hydrogen) atoms. The quantitative estimate of drug-likeness (QED) is 0.0519. The maximum atomic E-state index is 14.1. The fraction of sp³-hybridized carbons (Fsp3) is 0.417. The van der Waals surface area contributed by atoms with Crippen molar-refractivity contribution in [2.45, 2.75) is 19.6 Å². The third-order valence-electron chi connectivity index (χ3n) is 12.1. The fourth-order valence-corrected chi connectivity index (χ4v) is 12.9. The highest BCUT2D eigenvalue weighted by Crippen LogP contribution is 2.33. The van der Waals surface area contributed by atoms with Gasteiger partial charge in [-0.3, -0.25) is 18.7 Å². The smallest absolute Gasteiger partial charge is 0.295 e. The molecule has 0 spiro atoms. The van der Waals surface area contributed by atoms with Crippen LogP contribution in [0.1, 0.15) is 31.8 Å². The first-order chi connectivity index (χ1) is 36.1. The number of amides is 2. The topological polar surface area (TPSA) is 304 Å². The zero-order valence-electron chi connectivity index (χ0n) is 42.2. The summed E-state index contributed by atoms with van der Waals surface area (Å²) < 4.78 is 163. The molecule has 0 atom stereocenters. The Kier molecular flexibility index (Phi) is 21.0. The molecule has 2 heterocycles. The minimum Gasteiger partial charge on any atom is -0.383 e. The number of morpholine rings is 2. The molecule has 0 aromatic heterocycles. The maximum Gasteiger partial charge on any atom is 0.295 e. The normalized spacial score (nSPS) is 15.2. The molecule has 6 rings (SSSR count). The fourth-order valence-electron chi connectivity index (χ4n) is 8.14. The molecule has 0 radical (unpaired) electrons. The first kappa shape index (κ1) is 59.8. The number of ether oxygens (including phenoxy) is 6. The minimum absolute atomic E-state index is 0.0743. The van der Waals surface area contributed by atoms with Gasteiger partial charge in [-0.15, -0.1) is 0 Å². The maximum absolute atomic E-state index is 14.1. The average Bonchev–Trinajstić information content (AvgIpc) is 3.40. The Balaban J connectivity index is 1.28. The molecular formula is C48H62N6O18S4. The van der Waals surface area contributed by atoms with E-state index in [9.17, 15) is 52.4 Å². The van der Waals surface area contributed by atoms with Crippen molar-refractivity contribution in [3.8, 4) is 0 Å². The molecule has 24 nitrogen and oxygen atoms in total. The van der Waals surface area contributed by atoms with Crippen LogP contribution in [0.2, 0.25) is 0 Å². The Bertz CT molecular complexity index is 2960.